The summed E-state index contributed by atoms with van der Waals surface area (Å²) in [5.74, 6) is -0.108. The van der Waals surface area contributed by atoms with Gasteiger partial charge in [-0.25, -0.2) is 9.37 Å². The molecule has 4 nitrogen and oxygen atoms in total. The maximum Gasteiger partial charge on any atom is 0.268 e. The van der Waals surface area contributed by atoms with Gasteiger partial charge in [0.2, 0.25) is 0 Å². The second kappa shape index (κ2) is 11.6. The van der Waals surface area contributed by atoms with E-state index in [9.17, 15) is 9.18 Å². The monoisotopic (exact) mass is 508 g/mol. The van der Waals surface area contributed by atoms with Gasteiger partial charge in [-0.3, -0.25) is 9.36 Å². The van der Waals surface area contributed by atoms with Crippen LogP contribution < -0.4 is 10.3 Å². The number of nitrogens with zero attached hydrogens (tertiary/aromatic N) is 2. The van der Waals surface area contributed by atoms with Gasteiger partial charge in [0.1, 0.15) is 16.9 Å². The number of aryl methyl sites for hydroxylation is 2. The first-order chi connectivity index (χ1) is 16.0. The van der Waals surface area contributed by atoms with Crippen LogP contribution in [0.15, 0.2) is 94.3 Å². The third kappa shape index (κ3) is 5.96. The molecule has 0 amide bonds. The molecular weight excluding hydrogens is 483 g/mol. The van der Waals surface area contributed by atoms with E-state index >= 15 is 0 Å². The molecule has 3 rings (SSSR count). The number of ether oxygens (including phenoxy) is 1. The van der Waals surface area contributed by atoms with Crippen LogP contribution in [-0.2, 0) is 13.0 Å². The smallest absolute Gasteiger partial charge is 0.268 e. The summed E-state index contributed by atoms with van der Waals surface area (Å²) in [5.41, 5.74) is 2.62. The minimum atomic E-state index is -0.522. The molecule has 0 aliphatic rings. The summed E-state index contributed by atoms with van der Waals surface area (Å²) in [6.07, 6.45) is 7.90. The molecule has 0 fully saturated rings. The average Bonchev–Trinajstić information content (AvgIpc) is 2.83. The Morgan fingerprint density at radius 1 is 1.21 bits per heavy atom. The minimum absolute atomic E-state index is 0.0489. The van der Waals surface area contributed by atoms with E-state index < -0.39 is 5.82 Å². The van der Waals surface area contributed by atoms with Crippen LogP contribution in [0.25, 0.3) is 11.4 Å². The van der Waals surface area contributed by atoms with Crippen molar-refractivity contribution in [3.05, 3.63) is 117 Å². The molecule has 0 N–H and O–H groups in total. The topological polar surface area (TPSA) is 44.1 Å². The summed E-state index contributed by atoms with van der Waals surface area (Å²) >= 11 is 3.35. The van der Waals surface area contributed by atoms with Gasteiger partial charge < -0.3 is 4.74 Å². The first kappa shape index (κ1) is 24.4. The number of para-hydroxylation sites is 1. The van der Waals surface area contributed by atoms with Crippen LogP contribution >= 0.6 is 15.9 Å². The SMILES string of the molecule is C=C/C(=C\C=C/C)COc1c(F)cccc1-c1nc(C)c(Br)c(=O)n1CCc1ccccc1. The lowest BCUT2D eigenvalue weighted by Crippen LogP contribution is -2.26. The predicted molar refractivity (Wildman–Crippen MR) is 135 cm³/mol. The molecule has 0 unspecified atom stereocenters. The van der Waals surface area contributed by atoms with Crippen molar-refractivity contribution in [2.45, 2.75) is 26.8 Å². The fraction of sp³-hybridized carbons (Fsp3) is 0.185. The summed E-state index contributed by atoms with van der Waals surface area (Å²) < 4.78 is 22.7. The van der Waals surface area contributed by atoms with Gasteiger partial charge in [0, 0.05) is 6.54 Å². The van der Waals surface area contributed by atoms with Gasteiger partial charge in [-0.1, -0.05) is 67.3 Å². The Hall–Kier alpha value is -3.25. The van der Waals surface area contributed by atoms with E-state index in [1.54, 1.807) is 29.7 Å². The molecule has 0 spiro atoms. The number of allylic oxidation sites excluding steroid dienone is 3. The standard InChI is InChI=1S/C27H26BrFN2O2/c1-4-6-11-20(5-2)18-33-25-22(14-10-15-23(25)29)26-30-19(3)24(28)27(32)31(26)17-16-21-12-8-7-9-13-21/h4-15H,2,16-18H2,1,3H3/b6-4-,20-11+. The summed E-state index contributed by atoms with van der Waals surface area (Å²) in [7, 11) is 0. The molecule has 2 aromatic carbocycles. The number of halogens is 2. The van der Waals surface area contributed by atoms with Crippen LogP contribution in [0.3, 0.4) is 0 Å². The van der Waals surface area contributed by atoms with E-state index in [-0.39, 0.29) is 17.9 Å². The highest BCUT2D eigenvalue weighted by atomic mass is 79.9. The second-order valence-electron chi connectivity index (χ2n) is 7.40. The van der Waals surface area contributed by atoms with E-state index in [2.05, 4.69) is 27.5 Å². The van der Waals surface area contributed by atoms with Crippen LogP contribution in [0.5, 0.6) is 5.75 Å². The summed E-state index contributed by atoms with van der Waals surface area (Å²) in [6, 6.07) is 14.5. The molecule has 33 heavy (non-hydrogen) atoms. The van der Waals surface area contributed by atoms with Gasteiger partial charge in [0.05, 0.1) is 11.3 Å². The Kier molecular flexibility index (Phi) is 8.55. The highest BCUT2D eigenvalue weighted by Gasteiger charge is 2.20. The summed E-state index contributed by atoms with van der Waals surface area (Å²) in [4.78, 5) is 17.8. The number of hydrogen-bond acceptors (Lipinski definition) is 3. The lowest BCUT2D eigenvalue weighted by molar-refractivity contribution is 0.336. The van der Waals surface area contributed by atoms with Gasteiger partial charge >= 0.3 is 0 Å². The molecule has 1 aromatic heterocycles. The van der Waals surface area contributed by atoms with Crippen molar-refractivity contribution in [1.82, 2.24) is 9.55 Å². The number of benzene rings is 2. The van der Waals surface area contributed by atoms with Crippen LogP contribution in [0, 0.1) is 12.7 Å². The Morgan fingerprint density at radius 2 is 1.97 bits per heavy atom. The molecule has 170 valence electrons. The fourth-order valence-electron chi connectivity index (χ4n) is 3.32. The van der Waals surface area contributed by atoms with Crippen molar-refractivity contribution in [3.8, 4) is 17.1 Å². The third-order valence-corrected chi connectivity index (χ3v) is 6.02. The zero-order valence-electron chi connectivity index (χ0n) is 18.7. The molecule has 1 heterocycles. The van der Waals surface area contributed by atoms with Gasteiger partial charge in [0.15, 0.2) is 11.6 Å². The highest BCUT2D eigenvalue weighted by Crippen LogP contribution is 2.32. The Labute approximate surface area is 201 Å². The highest BCUT2D eigenvalue weighted by molar-refractivity contribution is 9.10. The maximum absolute atomic E-state index is 14.9. The molecule has 6 heteroatoms. The van der Waals surface area contributed by atoms with Gasteiger partial charge in [-0.15, -0.1) is 0 Å². The van der Waals surface area contributed by atoms with E-state index in [0.29, 0.717) is 34.5 Å². The predicted octanol–water partition coefficient (Wildman–Crippen LogP) is 6.43. The minimum Gasteiger partial charge on any atom is -0.485 e. The van der Waals surface area contributed by atoms with E-state index in [1.807, 2.05) is 55.5 Å². The van der Waals surface area contributed by atoms with Crippen LogP contribution in [0.4, 0.5) is 4.39 Å². The average molecular weight is 509 g/mol. The third-order valence-electron chi connectivity index (χ3n) is 5.10. The molecule has 0 atom stereocenters. The van der Waals surface area contributed by atoms with Crippen molar-refractivity contribution in [1.29, 1.82) is 0 Å². The van der Waals surface area contributed by atoms with E-state index in [4.69, 9.17) is 4.74 Å². The van der Waals surface area contributed by atoms with Gasteiger partial charge in [-0.05, 0) is 59.5 Å². The normalized spacial score (nSPS) is 11.7. The zero-order valence-corrected chi connectivity index (χ0v) is 20.3. The number of rotatable bonds is 9. The first-order valence-corrected chi connectivity index (χ1v) is 11.4. The molecule has 3 aromatic rings. The Morgan fingerprint density at radius 3 is 2.67 bits per heavy atom. The van der Waals surface area contributed by atoms with Gasteiger partial charge in [-0.2, -0.15) is 0 Å². The van der Waals surface area contributed by atoms with Crippen LogP contribution in [0.2, 0.25) is 0 Å². The molecule has 0 radical (unpaired) electrons. The zero-order chi connectivity index (χ0) is 23.8. The molecule has 0 bridgehead atoms. The Balaban J connectivity index is 2.06. The molecule has 0 aliphatic heterocycles. The van der Waals surface area contributed by atoms with Crippen molar-refractivity contribution in [3.63, 3.8) is 0 Å². The van der Waals surface area contributed by atoms with E-state index in [0.717, 1.165) is 11.1 Å². The number of aromatic nitrogens is 2. The summed E-state index contributed by atoms with van der Waals surface area (Å²) in [6.45, 7) is 7.96. The Bertz CT molecular complexity index is 1250. The van der Waals surface area contributed by atoms with Crippen molar-refractivity contribution in [2.24, 2.45) is 0 Å². The molecule has 0 saturated heterocycles. The number of hydrogen-bond donors (Lipinski definition) is 0. The summed E-state index contributed by atoms with van der Waals surface area (Å²) in [5, 5.41) is 0. The van der Waals surface area contributed by atoms with Crippen LogP contribution in [-0.4, -0.2) is 16.2 Å². The van der Waals surface area contributed by atoms with Crippen LogP contribution in [0.1, 0.15) is 18.2 Å². The molecule has 0 saturated carbocycles. The van der Waals surface area contributed by atoms with Crippen molar-refractivity contribution in [2.75, 3.05) is 6.61 Å². The lowest BCUT2D eigenvalue weighted by atomic mass is 10.1. The largest absolute Gasteiger partial charge is 0.485 e. The fourth-order valence-corrected chi connectivity index (χ4v) is 3.62. The quantitative estimate of drug-likeness (QED) is 0.312. The lowest BCUT2D eigenvalue weighted by Gasteiger charge is -2.18. The second-order valence-corrected chi connectivity index (χ2v) is 8.20. The molecule has 0 aliphatic carbocycles. The first-order valence-electron chi connectivity index (χ1n) is 10.6. The van der Waals surface area contributed by atoms with E-state index in [1.165, 1.54) is 6.07 Å². The maximum atomic E-state index is 14.9. The van der Waals surface area contributed by atoms with Crippen molar-refractivity contribution < 1.29 is 9.13 Å². The van der Waals surface area contributed by atoms with Gasteiger partial charge in [0.25, 0.3) is 5.56 Å². The van der Waals surface area contributed by atoms with Crippen molar-refractivity contribution >= 4 is 15.9 Å². The molecular formula is C27H26BrFN2O2.